The summed E-state index contributed by atoms with van der Waals surface area (Å²) in [4.78, 5) is 14.8. The highest BCUT2D eigenvalue weighted by atomic mass is 32.1. The van der Waals surface area contributed by atoms with Crippen LogP contribution in [0, 0.1) is 10.6 Å². The summed E-state index contributed by atoms with van der Waals surface area (Å²) in [5, 5.41) is 12.8. The Hall–Kier alpha value is -1.20. The van der Waals surface area contributed by atoms with Crippen molar-refractivity contribution in [3.8, 4) is 0 Å². The number of aromatic amines is 1. The molecule has 0 aliphatic heterocycles. The van der Waals surface area contributed by atoms with Crippen LogP contribution in [-0.4, -0.2) is 28.6 Å². The molecular weight excluding hydrogens is 272 g/mol. The lowest BCUT2D eigenvalue weighted by molar-refractivity contribution is 0.0641. The molecule has 2 atom stereocenters. The molecule has 1 aromatic rings. The molecule has 110 valence electrons. The molecule has 0 bridgehead atoms. The number of hydrogen-bond donors (Lipinski definition) is 3. The fourth-order valence-electron chi connectivity index (χ4n) is 2.79. The van der Waals surface area contributed by atoms with Gasteiger partial charge in [-0.05, 0) is 43.7 Å². The van der Waals surface area contributed by atoms with Gasteiger partial charge in [0.05, 0.1) is 11.7 Å². The average Bonchev–Trinajstić information content (AvgIpc) is 2.45. The molecule has 1 aromatic heterocycles. The van der Waals surface area contributed by atoms with Gasteiger partial charge in [-0.2, -0.15) is 0 Å². The van der Waals surface area contributed by atoms with E-state index in [1.165, 1.54) is 6.42 Å². The van der Waals surface area contributed by atoms with Gasteiger partial charge in [0.2, 0.25) is 0 Å². The summed E-state index contributed by atoms with van der Waals surface area (Å²) in [7, 11) is 0. The van der Waals surface area contributed by atoms with Crippen LogP contribution in [0.5, 0.6) is 0 Å². The molecule has 0 saturated heterocycles. The Morgan fingerprint density at radius 2 is 2.25 bits per heavy atom. The van der Waals surface area contributed by atoms with Crippen LogP contribution >= 0.6 is 12.2 Å². The Morgan fingerprint density at radius 3 is 3.00 bits per heavy atom. The van der Waals surface area contributed by atoms with Crippen molar-refractivity contribution in [1.29, 1.82) is 0 Å². The molecule has 0 aromatic carbocycles. The Labute approximate surface area is 124 Å². The van der Waals surface area contributed by atoms with Crippen molar-refractivity contribution in [2.75, 3.05) is 6.54 Å². The minimum Gasteiger partial charge on any atom is -0.393 e. The summed E-state index contributed by atoms with van der Waals surface area (Å²) in [5.41, 5.74) is 0.514. The predicted octanol–water partition coefficient (Wildman–Crippen LogP) is 2.81. The number of nitrogens with one attached hydrogen (secondary N) is 2. The van der Waals surface area contributed by atoms with E-state index in [9.17, 15) is 9.90 Å². The first-order valence-corrected chi connectivity index (χ1v) is 7.73. The third-order valence-electron chi connectivity index (χ3n) is 3.97. The fraction of sp³-hybridized carbons (Fsp3) is 0.600. The van der Waals surface area contributed by atoms with Gasteiger partial charge in [-0.1, -0.05) is 25.1 Å². The van der Waals surface area contributed by atoms with Crippen molar-refractivity contribution in [1.82, 2.24) is 10.3 Å². The van der Waals surface area contributed by atoms with E-state index in [0.29, 0.717) is 22.7 Å². The zero-order valence-electron chi connectivity index (χ0n) is 11.6. The largest absolute Gasteiger partial charge is 0.393 e. The molecule has 1 fully saturated rings. The number of amides is 1. The van der Waals surface area contributed by atoms with Crippen LogP contribution < -0.4 is 5.32 Å². The second kappa shape index (κ2) is 7.55. The molecule has 3 N–H and O–H groups in total. The van der Waals surface area contributed by atoms with Gasteiger partial charge in [0.15, 0.2) is 0 Å². The highest BCUT2D eigenvalue weighted by Crippen LogP contribution is 2.27. The topological polar surface area (TPSA) is 65.1 Å². The lowest BCUT2D eigenvalue weighted by atomic mass is 9.83. The van der Waals surface area contributed by atoms with Gasteiger partial charge < -0.3 is 15.4 Å². The highest BCUT2D eigenvalue weighted by Gasteiger charge is 2.22. The average molecular weight is 294 g/mol. The zero-order valence-corrected chi connectivity index (χ0v) is 12.4. The van der Waals surface area contributed by atoms with Crippen molar-refractivity contribution < 1.29 is 9.90 Å². The summed E-state index contributed by atoms with van der Waals surface area (Å²) in [5.74, 6) is 0.274. The first-order valence-electron chi connectivity index (χ1n) is 7.32. The maximum Gasteiger partial charge on any atom is 0.254 e. The van der Waals surface area contributed by atoms with E-state index in [4.69, 9.17) is 12.2 Å². The van der Waals surface area contributed by atoms with Gasteiger partial charge in [0.25, 0.3) is 5.91 Å². The van der Waals surface area contributed by atoms with Crippen LogP contribution in [0.2, 0.25) is 0 Å². The summed E-state index contributed by atoms with van der Waals surface area (Å²) < 4.78 is 0.465. The Bertz CT molecular complexity index is 501. The van der Waals surface area contributed by atoms with Gasteiger partial charge in [-0.25, -0.2) is 0 Å². The first kappa shape index (κ1) is 15.2. The van der Waals surface area contributed by atoms with Crippen LogP contribution in [0.4, 0.5) is 0 Å². The summed E-state index contributed by atoms with van der Waals surface area (Å²) in [6.45, 7) is 0.631. The van der Waals surface area contributed by atoms with Crippen LogP contribution in [0.15, 0.2) is 18.3 Å². The number of pyridine rings is 1. The SMILES string of the molecule is O=C(NCCCC1CCCCC1O)c1ccc[nH]c1=S. The smallest absolute Gasteiger partial charge is 0.254 e. The number of aromatic nitrogens is 1. The van der Waals surface area contributed by atoms with Crippen molar-refractivity contribution in [3.05, 3.63) is 28.5 Å². The fourth-order valence-corrected chi connectivity index (χ4v) is 3.02. The number of carbonyl (C=O) groups excluding carboxylic acids is 1. The maximum atomic E-state index is 11.9. The minimum absolute atomic E-state index is 0.129. The number of rotatable bonds is 5. The van der Waals surface area contributed by atoms with E-state index in [2.05, 4.69) is 10.3 Å². The molecule has 1 saturated carbocycles. The van der Waals surface area contributed by atoms with E-state index in [1.54, 1.807) is 18.3 Å². The lowest BCUT2D eigenvalue weighted by Gasteiger charge is -2.27. The second-order valence-corrected chi connectivity index (χ2v) is 5.83. The van der Waals surface area contributed by atoms with Crippen molar-refractivity contribution in [3.63, 3.8) is 0 Å². The molecule has 1 aliphatic carbocycles. The van der Waals surface area contributed by atoms with Gasteiger partial charge >= 0.3 is 0 Å². The molecule has 1 amide bonds. The van der Waals surface area contributed by atoms with Crippen molar-refractivity contribution in [2.24, 2.45) is 5.92 Å². The van der Waals surface area contributed by atoms with Crippen LogP contribution in [0.3, 0.4) is 0 Å². The molecule has 1 aliphatic rings. The number of H-pyrrole nitrogens is 1. The van der Waals surface area contributed by atoms with Gasteiger partial charge in [-0.15, -0.1) is 0 Å². The molecular formula is C15H22N2O2S. The number of aliphatic hydroxyl groups excluding tert-OH is 1. The molecule has 4 nitrogen and oxygen atoms in total. The quantitative estimate of drug-likeness (QED) is 0.578. The third kappa shape index (κ3) is 4.15. The van der Waals surface area contributed by atoms with E-state index in [-0.39, 0.29) is 12.0 Å². The lowest BCUT2D eigenvalue weighted by Crippen LogP contribution is -2.28. The Morgan fingerprint density at radius 1 is 1.45 bits per heavy atom. The van der Waals surface area contributed by atoms with Crippen LogP contribution in [0.25, 0.3) is 0 Å². The number of aliphatic hydroxyl groups is 1. The Balaban J connectivity index is 1.72. The molecule has 1 heterocycles. The number of hydrogen-bond acceptors (Lipinski definition) is 3. The normalized spacial score (nSPS) is 22.4. The Kier molecular flexibility index (Phi) is 5.73. The van der Waals surface area contributed by atoms with E-state index in [1.807, 2.05) is 0 Å². The molecule has 2 unspecified atom stereocenters. The van der Waals surface area contributed by atoms with Gasteiger partial charge in [0, 0.05) is 12.7 Å². The van der Waals surface area contributed by atoms with Crippen molar-refractivity contribution >= 4 is 18.1 Å². The van der Waals surface area contributed by atoms with Crippen LogP contribution in [0.1, 0.15) is 48.9 Å². The molecule has 20 heavy (non-hydrogen) atoms. The van der Waals surface area contributed by atoms with Gasteiger partial charge in [-0.3, -0.25) is 4.79 Å². The van der Waals surface area contributed by atoms with E-state index < -0.39 is 0 Å². The maximum absolute atomic E-state index is 11.9. The molecule has 0 spiro atoms. The van der Waals surface area contributed by atoms with Crippen LogP contribution in [-0.2, 0) is 0 Å². The predicted molar refractivity (Wildman–Crippen MR) is 81.2 cm³/mol. The number of carbonyl (C=O) groups is 1. The molecule has 0 radical (unpaired) electrons. The molecule has 2 rings (SSSR count). The standard InChI is InChI=1S/C15H22N2O2S/c18-13-8-2-1-5-11(13)6-3-9-16-14(19)12-7-4-10-17-15(12)20/h4,7,10-11,13,18H,1-3,5-6,8-9H2,(H,16,19)(H,17,20). The van der Waals surface area contributed by atoms with E-state index in [0.717, 1.165) is 32.1 Å². The van der Waals surface area contributed by atoms with Gasteiger partial charge in [0.1, 0.15) is 4.64 Å². The summed E-state index contributed by atoms with van der Waals surface area (Å²) >= 11 is 5.08. The summed E-state index contributed by atoms with van der Waals surface area (Å²) in [6.07, 6.45) is 7.83. The minimum atomic E-state index is -0.151. The van der Waals surface area contributed by atoms with Crippen molar-refractivity contribution in [2.45, 2.75) is 44.6 Å². The third-order valence-corrected chi connectivity index (χ3v) is 4.31. The monoisotopic (exact) mass is 294 g/mol. The second-order valence-electron chi connectivity index (χ2n) is 5.42. The molecule has 5 heteroatoms. The summed E-state index contributed by atoms with van der Waals surface area (Å²) in [6, 6.07) is 3.49. The highest BCUT2D eigenvalue weighted by molar-refractivity contribution is 7.71. The first-order chi connectivity index (χ1) is 9.68. The van der Waals surface area contributed by atoms with E-state index >= 15 is 0 Å². The zero-order chi connectivity index (χ0) is 14.4.